The summed E-state index contributed by atoms with van der Waals surface area (Å²) in [5.41, 5.74) is 2.42. The molecule has 0 spiro atoms. The lowest BCUT2D eigenvalue weighted by atomic mass is 9.90. The number of carbonyl (C=O) groups is 1. The maximum atomic E-state index is 12.8. The second kappa shape index (κ2) is 9.15. The maximum Gasteiger partial charge on any atom is 0.277 e. The molecular formula is C23H25N3O4S2. The van der Waals surface area contributed by atoms with E-state index in [1.165, 1.54) is 28.6 Å². The smallest absolute Gasteiger partial charge is 0.277 e. The van der Waals surface area contributed by atoms with E-state index in [1.54, 1.807) is 16.2 Å². The van der Waals surface area contributed by atoms with Gasteiger partial charge in [0.05, 0.1) is 10.6 Å². The van der Waals surface area contributed by atoms with Crippen LogP contribution in [0.2, 0.25) is 0 Å². The molecule has 2 aromatic heterocycles. The monoisotopic (exact) mass is 471 g/mol. The number of ether oxygens (including phenoxy) is 2. The number of fused-ring (bicyclic) bond motifs is 2. The SMILES string of the molecule is CCN(Cc1ccc2c(c1)OCO2)C(=O)CSc1nnc(-c2cc3c(s2)CCC(C)C3)o1. The van der Waals surface area contributed by atoms with Crippen molar-refractivity contribution >= 4 is 29.0 Å². The van der Waals surface area contributed by atoms with Crippen LogP contribution in [-0.2, 0) is 24.2 Å². The first-order valence-corrected chi connectivity index (χ1v) is 12.6. The van der Waals surface area contributed by atoms with Crippen LogP contribution >= 0.6 is 23.1 Å². The summed E-state index contributed by atoms with van der Waals surface area (Å²) < 4.78 is 16.6. The highest BCUT2D eigenvalue weighted by molar-refractivity contribution is 7.99. The van der Waals surface area contributed by atoms with Crippen LogP contribution < -0.4 is 9.47 Å². The lowest BCUT2D eigenvalue weighted by molar-refractivity contribution is -0.128. The average molecular weight is 472 g/mol. The van der Waals surface area contributed by atoms with E-state index in [1.807, 2.05) is 25.1 Å². The van der Waals surface area contributed by atoms with E-state index in [0.29, 0.717) is 24.2 Å². The van der Waals surface area contributed by atoms with Gasteiger partial charge in [0, 0.05) is 18.0 Å². The van der Waals surface area contributed by atoms with E-state index in [9.17, 15) is 4.79 Å². The predicted molar refractivity (Wildman–Crippen MR) is 123 cm³/mol. The van der Waals surface area contributed by atoms with Crippen LogP contribution in [0, 0.1) is 5.92 Å². The Morgan fingerprint density at radius 1 is 1.25 bits per heavy atom. The van der Waals surface area contributed by atoms with E-state index in [2.05, 4.69) is 23.2 Å². The number of thiophene rings is 1. The van der Waals surface area contributed by atoms with Crippen LogP contribution in [0.5, 0.6) is 11.5 Å². The Bertz CT molecular complexity index is 1130. The van der Waals surface area contributed by atoms with Crippen LogP contribution in [0.1, 0.15) is 36.3 Å². The van der Waals surface area contributed by atoms with Gasteiger partial charge in [-0.25, -0.2) is 0 Å². The van der Waals surface area contributed by atoms with Crippen LogP contribution in [0.25, 0.3) is 10.8 Å². The molecule has 0 saturated heterocycles. The van der Waals surface area contributed by atoms with E-state index in [0.717, 1.165) is 40.7 Å². The summed E-state index contributed by atoms with van der Waals surface area (Å²) >= 11 is 3.03. The third-order valence-corrected chi connectivity index (χ3v) is 7.84. The lowest BCUT2D eigenvalue weighted by Crippen LogP contribution is -2.31. The molecule has 3 aromatic rings. The summed E-state index contributed by atoms with van der Waals surface area (Å²) in [4.78, 5) is 17.0. The second-order valence-electron chi connectivity index (χ2n) is 8.16. The van der Waals surface area contributed by atoms with E-state index in [-0.39, 0.29) is 18.5 Å². The zero-order valence-corrected chi connectivity index (χ0v) is 19.8. The molecule has 0 radical (unpaired) electrons. The molecule has 0 saturated carbocycles. The highest BCUT2D eigenvalue weighted by Crippen LogP contribution is 2.37. The molecule has 0 bridgehead atoms. The Morgan fingerprint density at radius 2 is 2.12 bits per heavy atom. The van der Waals surface area contributed by atoms with Crippen molar-refractivity contribution in [2.75, 3.05) is 19.1 Å². The van der Waals surface area contributed by atoms with Gasteiger partial charge < -0.3 is 18.8 Å². The molecule has 0 fully saturated rings. The summed E-state index contributed by atoms with van der Waals surface area (Å²) in [7, 11) is 0. The molecule has 0 N–H and O–H groups in total. The van der Waals surface area contributed by atoms with E-state index in [4.69, 9.17) is 13.9 Å². The Morgan fingerprint density at radius 3 is 3.00 bits per heavy atom. The second-order valence-corrected chi connectivity index (χ2v) is 10.2. The fourth-order valence-electron chi connectivity index (χ4n) is 4.03. The lowest BCUT2D eigenvalue weighted by Gasteiger charge is -2.20. The largest absolute Gasteiger partial charge is 0.454 e. The highest BCUT2D eigenvalue weighted by atomic mass is 32.2. The number of rotatable bonds is 7. The van der Waals surface area contributed by atoms with Crippen LogP contribution in [0.15, 0.2) is 33.9 Å². The third kappa shape index (κ3) is 4.49. The van der Waals surface area contributed by atoms with Crippen molar-refractivity contribution in [3.63, 3.8) is 0 Å². The van der Waals surface area contributed by atoms with Gasteiger partial charge in [0.1, 0.15) is 0 Å². The topological polar surface area (TPSA) is 77.7 Å². The summed E-state index contributed by atoms with van der Waals surface area (Å²) in [6.07, 6.45) is 3.48. The fraction of sp³-hybridized carbons (Fsp3) is 0.435. The molecular weight excluding hydrogens is 446 g/mol. The van der Waals surface area contributed by atoms with Gasteiger partial charge in [0.15, 0.2) is 11.5 Å². The zero-order valence-electron chi connectivity index (χ0n) is 18.1. The van der Waals surface area contributed by atoms with Gasteiger partial charge in [0.2, 0.25) is 12.7 Å². The standard InChI is InChI=1S/C23H25N3O4S2/c1-3-26(11-15-5-6-17-18(9-15)29-13-28-17)21(27)12-31-23-25-24-22(30-23)20-10-16-8-14(2)4-7-19(16)32-20/h5-6,9-10,14H,3-4,7-8,11-13H2,1-2H3. The maximum absolute atomic E-state index is 12.8. The molecule has 168 valence electrons. The third-order valence-electron chi connectivity index (χ3n) is 5.81. The summed E-state index contributed by atoms with van der Waals surface area (Å²) in [5, 5.41) is 8.78. The quantitative estimate of drug-likeness (QED) is 0.458. The Balaban J connectivity index is 1.19. The minimum absolute atomic E-state index is 0.0236. The molecule has 1 aliphatic heterocycles. The van der Waals surface area contributed by atoms with Crippen molar-refractivity contribution in [3.05, 3.63) is 40.3 Å². The Kier molecular flexibility index (Phi) is 6.10. The zero-order chi connectivity index (χ0) is 22.1. The van der Waals surface area contributed by atoms with Gasteiger partial charge in [-0.05, 0) is 61.4 Å². The molecule has 1 unspecified atom stereocenters. The molecule has 1 aliphatic carbocycles. The van der Waals surface area contributed by atoms with Crippen molar-refractivity contribution in [2.45, 2.75) is 44.9 Å². The van der Waals surface area contributed by atoms with Gasteiger partial charge >= 0.3 is 0 Å². The number of amides is 1. The Hall–Kier alpha value is -2.52. The number of aryl methyl sites for hydroxylation is 1. The van der Waals surface area contributed by atoms with Gasteiger partial charge in [-0.1, -0.05) is 24.8 Å². The minimum Gasteiger partial charge on any atom is -0.454 e. The number of benzene rings is 1. The molecule has 9 heteroatoms. The number of thioether (sulfide) groups is 1. The number of aromatic nitrogens is 2. The van der Waals surface area contributed by atoms with E-state index < -0.39 is 0 Å². The molecule has 1 amide bonds. The average Bonchev–Trinajstić information content (AvgIpc) is 3.54. The van der Waals surface area contributed by atoms with Crippen molar-refractivity contribution in [2.24, 2.45) is 5.92 Å². The minimum atomic E-state index is 0.0236. The molecule has 3 heterocycles. The van der Waals surface area contributed by atoms with Crippen molar-refractivity contribution < 1.29 is 18.7 Å². The molecule has 1 atom stereocenters. The Labute approximate surface area is 195 Å². The summed E-state index contributed by atoms with van der Waals surface area (Å²) in [6, 6.07) is 7.96. The van der Waals surface area contributed by atoms with Crippen LogP contribution in [0.3, 0.4) is 0 Å². The molecule has 2 aliphatic rings. The molecule has 1 aromatic carbocycles. The molecule has 5 rings (SSSR count). The summed E-state index contributed by atoms with van der Waals surface area (Å²) in [5.74, 6) is 3.01. The van der Waals surface area contributed by atoms with Crippen LogP contribution in [-0.4, -0.2) is 40.1 Å². The van der Waals surface area contributed by atoms with Crippen molar-refractivity contribution in [1.82, 2.24) is 15.1 Å². The fourth-order valence-corrected chi connectivity index (χ4v) is 5.83. The number of carbonyl (C=O) groups excluding carboxylic acids is 1. The van der Waals surface area contributed by atoms with Crippen LogP contribution in [0.4, 0.5) is 0 Å². The van der Waals surface area contributed by atoms with E-state index >= 15 is 0 Å². The summed E-state index contributed by atoms with van der Waals surface area (Å²) in [6.45, 7) is 5.64. The molecule has 32 heavy (non-hydrogen) atoms. The number of hydrogen-bond acceptors (Lipinski definition) is 8. The normalized spacial score (nSPS) is 16.8. The van der Waals surface area contributed by atoms with Gasteiger partial charge in [-0.2, -0.15) is 0 Å². The first kappa shape index (κ1) is 21.3. The number of nitrogens with zero attached hydrogens (tertiary/aromatic N) is 3. The van der Waals surface area contributed by atoms with Crippen molar-refractivity contribution in [1.29, 1.82) is 0 Å². The highest BCUT2D eigenvalue weighted by Gasteiger charge is 2.22. The predicted octanol–water partition coefficient (Wildman–Crippen LogP) is 4.79. The molecule has 7 nitrogen and oxygen atoms in total. The van der Waals surface area contributed by atoms with Gasteiger partial charge in [-0.15, -0.1) is 21.5 Å². The van der Waals surface area contributed by atoms with Crippen molar-refractivity contribution in [3.8, 4) is 22.3 Å². The van der Waals surface area contributed by atoms with Gasteiger partial charge in [-0.3, -0.25) is 4.79 Å². The first-order chi connectivity index (χ1) is 15.6. The van der Waals surface area contributed by atoms with Gasteiger partial charge in [0.25, 0.3) is 11.1 Å². The number of hydrogen-bond donors (Lipinski definition) is 0. The first-order valence-electron chi connectivity index (χ1n) is 10.8.